The van der Waals surface area contributed by atoms with Crippen LogP contribution in [0.5, 0.6) is 5.75 Å². The Morgan fingerprint density at radius 1 is 1.25 bits per heavy atom. The molecule has 138 valence electrons. The van der Waals surface area contributed by atoms with Crippen molar-refractivity contribution in [3.63, 3.8) is 0 Å². The van der Waals surface area contributed by atoms with E-state index >= 15 is 0 Å². The molecular formula is C18H33IN4O. The lowest BCUT2D eigenvalue weighted by atomic mass is 9.93. The molecule has 0 spiro atoms. The first-order valence-electron chi connectivity index (χ1n) is 8.16. The SMILES string of the molecule is CCNC(=NCc1cccc(OC)c1)NCC(C)(C)CN(C)C.I. The Balaban J connectivity index is 0.00000529. The average molecular weight is 448 g/mol. The van der Waals surface area contributed by atoms with Crippen molar-refractivity contribution in [3.8, 4) is 5.75 Å². The molecule has 0 atom stereocenters. The highest BCUT2D eigenvalue weighted by atomic mass is 127. The lowest BCUT2D eigenvalue weighted by Gasteiger charge is -2.29. The molecule has 2 N–H and O–H groups in total. The molecule has 0 heterocycles. The van der Waals surface area contributed by atoms with Gasteiger partial charge in [0.05, 0.1) is 13.7 Å². The number of nitrogens with zero attached hydrogens (tertiary/aromatic N) is 2. The molecule has 0 saturated carbocycles. The number of halogens is 1. The molecule has 0 aliphatic carbocycles. The molecule has 0 unspecified atom stereocenters. The van der Waals surface area contributed by atoms with Crippen molar-refractivity contribution < 1.29 is 4.74 Å². The summed E-state index contributed by atoms with van der Waals surface area (Å²) in [7, 11) is 5.88. The van der Waals surface area contributed by atoms with Crippen LogP contribution in [0, 0.1) is 5.41 Å². The predicted molar refractivity (Wildman–Crippen MR) is 114 cm³/mol. The van der Waals surface area contributed by atoms with Crippen molar-refractivity contribution in [2.24, 2.45) is 10.4 Å². The first-order chi connectivity index (χ1) is 10.9. The normalized spacial score (nSPS) is 11.9. The maximum atomic E-state index is 5.25. The van der Waals surface area contributed by atoms with Crippen molar-refractivity contribution in [2.75, 3.05) is 40.8 Å². The molecule has 24 heavy (non-hydrogen) atoms. The quantitative estimate of drug-likeness (QED) is 0.365. The van der Waals surface area contributed by atoms with Crippen LogP contribution in [0.15, 0.2) is 29.3 Å². The third-order valence-corrected chi connectivity index (χ3v) is 3.38. The van der Waals surface area contributed by atoms with Gasteiger partial charge in [-0.1, -0.05) is 26.0 Å². The van der Waals surface area contributed by atoms with E-state index in [4.69, 9.17) is 4.74 Å². The van der Waals surface area contributed by atoms with Gasteiger partial charge in [-0.15, -0.1) is 24.0 Å². The highest BCUT2D eigenvalue weighted by molar-refractivity contribution is 14.0. The summed E-state index contributed by atoms with van der Waals surface area (Å²) >= 11 is 0. The molecule has 0 aliphatic heterocycles. The Hall–Kier alpha value is -1.02. The molecule has 0 aliphatic rings. The van der Waals surface area contributed by atoms with E-state index in [1.54, 1.807) is 7.11 Å². The molecule has 1 rings (SSSR count). The van der Waals surface area contributed by atoms with E-state index in [-0.39, 0.29) is 29.4 Å². The largest absolute Gasteiger partial charge is 0.497 e. The lowest BCUT2D eigenvalue weighted by molar-refractivity contribution is 0.241. The fourth-order valence-corrected chi connectivity index (χ4v) is 2.52. The molecule has 5 nitrogen and oxygen atoms in total. The van der Waals surface area contributed by atoms with Crippen molar-refractivity contribution in [1.29, 1.82) is 0 Å². The second kappa shape index (κ2) is 11.5. The summed E-state index contributed by atoms with van der Waals surface area (Å²) in [6.07, 6.45) is 0. The van der Waals surface area contributed by atoms with Gasteiger partial charge in [0.15, 0.2) is 5.96 Å². The number of aliphatic imine (C=N–C) groups is 1. The number of nitrogens with one attached hydrogen (secondary N) is 2. The van der Waals surface area contributed by atoms with Crippen LogP contribution in [-0.2, 0) is 6.54 Å². The molecule has 1 aromatic rings. The third-order valence-electron chi connectivity index (χ3n) is 3.38. The molecule has 0 amide bonds. The van der Waals surface area contributed by atoms with Gasteiger partial charge in [0.1, 0.15) is 5.75 Å². The number of methoxy groups -OCH3 is 1. The van der Waals surface area contributed by atoms with Gasteiger partial charge in [0.2, 0.25) is 0 Å². The Labute approximate surface area is 164 Å². The van der Waals surface area contributed by atoms with E-state index in [0.29, 0.717) is 6.54 Å². The number of ether oxygens (including phenoxy) is 1. The summed E-state index contributed by atoms with van der Waals surface area (Å²) in [5.41, 5.74) is 1.31. The first-order valence-corrected chi connectivity index (χ1v) is 8.16. The van der Waals surface area contributed by atoms with Crippen molar-refractivity contribution >= 4 is 29.9 Å². The second-order valence-corrected chi connectivity index (χ2v) is 6.80. The van der Waals surface area contributed by atoms with Gasteiger partial charge in [-0.2, -0.15) is 0 Å². The monoisotopic (exact) mass is 448 g/mol. The number of hydrogen-bond acceptors (Lipinski definition) is 3. The van der Waals surface area contributed by atoms with Gasteiger partial charge in [-0.25, -0.2) is 4.99 Å². The smallest absolute Gasteiger partial charge is 0.191 e. The van der Waals surface area contributed by atoms with E-state index in [9.17, 15) is 0 Å². The molecule has 0 aromatic heterocycles. The zero-order chi connectivity index (χ0) is 17.3. The summed E-state index contributed by atoms with van der Waals surface area (Å²) in [6.45, 7) is 9.95. The van der Waals surface area contributed by atoms with E-state index in [2.05, 4.69) is 61.5 Å². The Kier molecular flexibility index (Phi) is 11.0. The minimum atomic E-state index is 0. The van der Waals surface area contributed by atoms with Crippen LogP contribution in [-0.4, -0.2) is 51.7 Å². The second-order valence-electron chi connectivity index (χ2n) is 6.80. The van der Waals surface area contributed by atoms with Crippen molar-refractivity contribution in [3.05, 3.63) is 29.8 Å². The standard InChI is InChI=1S/C18H32N4O.HI/c1-7-19-17(21-13-18(2,3)14-22(4)5)20-12-15-9-8-10-16(11-15)23-6;/h8-11H,7,12-14H2,1-6H3,(H2,19,20,21);1H. The van der Waals surface area contributed by atoms with Gasteiger partial charge in [-0.05, 0) is 44.1 Å². The van der Waals surface area contributed by atoms with Crippen molar-refractivity contribution in [2.45, 2.75) is 27.3 Å². The van der Waals surface area contributed by atoms with Crippen LogP contribution in [0.1, 0.15) is 26.3 Å². The number of guanidine groups is 1. The molecule has 0 fully saturated rings. The lowest BCUT2D eigenvalue weighted by Crippen LogP contribution is -2.44. The first kappa shape index (κ1) is 23.0. The fraction of sp³-hybridized carbons (Fsp3) is 0.611. The van der Waals surface area contributed by atoms with Crippen molar-refractivity contribution in [1.82, 2.24) is 15.5 Å². The van der Waals surface area contributed by atoms with Crippen LogP contribution < -0.4 is 15.4 Å². The average Bonchev–Trinajstić information content (AvgIpc) is 2.49. The van der Waals surface area contributed by atoms with Crippen LogP contribution in [0.3, 0.4) is 0 Å². The third kappa shape index (κ3) is 9.32. The van der Waals surface area contributed by atoms with E-state index < -0.39 is 0 Å². The molecule has 0 radical (unpaired) electrons. The van der Waals surface area contributed by atoms with Gasteiger partial charge in [-0.3, -0.25) is 0 Å². The van der Waals surface area contributed by atoms with Gasteiger partial charge in [0.25, 0.3) is 0 Å². The molecule has 0 bridgehead atoms. The van der Waals surface area contributed by atoms with E-state index in [1.807, 2.05) is 18.2 Å². The van der Waals surface area contributed by atoms with E-state index in [0.717, 1.165) is 36.9 Å². The zero-order valence-corrected chi connectivity index (χ0v) is 18.2. The molecular weight excluding hydrogens is 415 g/mol. The maximum absolute atomic E-state index is 5.25. The summed E-state index contributed by atoms with van der Waals surface area (Å²) in [6, 6.07) is 8.01. The predicted octanol–water partition coefficient (Wildman–Crippen LogP) is 2.96. The molecule has 6 heteroatoms. The minimum absolute atomic E-state index is 0. The Morgan fingerprint density at radius 2 is 1.96 bits per heavy atom. The highest BCUT2D eigenvalue weighted by Crippen LogP contribution is 2.15. The summed E-state index contributed by atoms with van der Waals surface area (Å²) in [5, 5.41) is 6.75. The Morgan fingerprint density at radius 3 is 2.54 bits per heavy atom. The maximum Gasteiger partial charge on any atom is 0.191 e. The summed E-state index contributed by atoms with van der Waals surface area (Å²) < 4.78 is 5.25. The van der Waals surface area contributed by atoms with Gasteiger partial charge >= 0.3 is 0 Å². The van der Waals surface area contributed by atoms with Gasteiger partial charge in [0, 0.05) is 19.6 Å². The van der Waals surface area contributed by atoms with E-state index in [1.165, 1.54) is 0 Å². The molecule has 1 aromatic carbocycles. The number of rotatable bonds is 8. The van der Waals surface area contributed by atoms with Crippen LogP contribution in [0.2, 0.25) is 0 Å². The number of hydrogen-bond donors (Lipinski definition) is 2. The fourth-order valence-electron chi connectivity index (χ4n) is 2.52. The van der Waals surface area contributed by atoms with Gasteiger partial charge < -0.3 is 20.3 Å². The summed E-state index contributed by atoms with van der Waals surface area (Å²) in [5.74, 6) is 1.71. The Bertz CT molecular complexity index is 504. The van der Waals surface area contributed by atoms with Crippen LogP contribution >= 0.6 is 24.0 Å². The van der Waals surface area contributed by atoms with Crippen LogP contribution in [0.25, 0.3) is 0 Å². The zero-order valence-electron chi connectivity index (χ0n) is 15.8. The van der Waals surface area contributed by atoms with Crippen LogP contribution in [0.4, 0.5) is 0 Å². The molecule has 0 saturated heterocycles. The minimum Gasteiger partial charge on any atom is -0.497 e. The summed E-state index contributed by atoms with van der Waals surface area (Å²) in [4.78, 5) is 6.88. The number of benzene rings is 1. The highest BCUT2D eigenvalue weighted by Gasteiger charge is 2.19. The topological polar surface area (TPSA) is 48.9 Å².